The van der Waals surface area contributed by atoms with Crippen molar-refractivity contribution in [2.45, 2.75) is 46.1 Å². The molecule has 1 atom stereocenters. The van der Waals surface area contributed by atoms with Gasteiger partial charge in [0, 0.05) is 17.1 Å². The molecule has 1 aliphatic heterocycles. The zero-order chi connectivity index (χ0) is 22.7. The van der Waals surface area contributed by atoms with Crippen molar-refractivity contribution in [3.8, 4) is 5.75 Å². The van der Waals surface area contributed by atoms with Crippen LogP contribution in [0.15, 0.2) is 48.0 Å². The normalized spacial score (nSPS) is 18.1. The highest BCUT2D eigenvalue weighted by Gasteiger charge is 2.45. The average Bonchev–Trinajstić information content (AvgIpc) is 2.99. The molecule has 1 amide bonds. The zero-order valence-electron chi connectivity index (χ0n) is 18.3. The lowest BCUT2D eigenvalue weighted by molar-refractivity contribution is -0.139. The van der Waals surface area contributed by atoms with E-state index < -0.39 is 17.7 Å². The first kappa shape index (κ1) is 22.9. The van der Waals surface area contributed by atoms with Crippen LogP contribution in [0.5, 0.6) is 5.75 Å². The fraction of sp³-hybridized carbons (Fsp3) is 0.360. The Morgan fingerprint density at radius 1 is 1.13 bits per heavy atom. The van der Waals surface area contributed by atoms with Gasteiger partial charge in [-0.05, 0) is 60.7 Å². The topological polar surface area (TPSA) is 66.8 Å². The molecule has 6 heteroatoms. The van der Waals surface area contributed by atoms with Crippen LogP contribution in [-0.4, -0.2) is 34.8 Å². The van der Waals surface area contributed by atoms with E-state index in [0.29, 0.717) is 30.2 Å². The Labute approximate surface area is 188 Å². The lowest BCUT2D eigenvalue weighted by Crippen LogP contribution is -2.30. The molecule has 1 unspecified atom stereocenters. The number of hydrogen-bond acceptors (Lipinski definition) is 4. The minimum absolute atomic E-state index is 0.0969. The summed E-state index contributed by atoms with van der Waals surface area (Å²) in [6.07, 6.45) is 0.692. The molecule has 0 aliphatic carbocycles. The maximum Gasteiger partial charge on any atom is 0.295 e. The molecule has 0 bridgehead atoms. The number of likely N-dealkylation sites (tertiary alicyclic amines) is 1. The molecule has 1 fully saturated rings. The number of nitrogens with zero attached hydrogens (tertiary/aromatic N) is 1. The van der Waals surface area contributed by atoms with Crippen LogP contribution in [0.25, 0.3) is 5.76 Å². The maximum absolute atomic E-state index is 13.0. The average molecular weight is 442 g/mol. The number of ether oxygens (including phenoxy) is 1. The molecule has 5 nitrogen and oxygen atoms in total. The van der Waals surface area contributed by atoms with Crippen LogP contribution in [0.3, 0.4) is 0 Å². The number of amides is 1. The van der Waals surface area contributed by atoms with Gasteiger partial charge in [0.05, 0.1) is 18.2 Å². The molecule has 1 heterocycles. The van der Waals surface area contributed by atoms with Crippen molar-refractivity contribution in [1.29, 1.82) is 0 Å². The summed E-state index contributed by atoms with van der Waals surface area (Å²) >= 11 is 6.03. The fourth-order valence-electron chi connectivity index (χ4n) is 3.93. The monoisotopic (exact) mass is 441 g/mol. The number of aliphatic hydroxyl groups is 1. The Morgan fingerprint density at radius 2 is 1.81 bits per heavy atom. The van der Waals surface area contributed by atoms with Crippen molar-refractivity contribution in [1.82, 2.24) is 4.90 Å². The van der Waals surface area contributed by atoms with E-state index in [1.807, 2.05) is 33.8 Å². The summed E-state index contributed by atoms with van der Waals surface area (Å²) in [5, 5.41) is 11.8. The van der Waals surface area contributed by atoms with E-state index in [-0.39, 0.29) is 17.3 Å². The Hall–Kier alpha value is -2.79. The van der Waals surface area contributed by atoms with E-state index in [1.54, 1.807) is 36.4 Å². The molecule has 0 saturated carbocycles. The summed E-state index contributed by atoms with van der Waals surface area (Å²) in [6, 6.07) is 11.7. The van der Waals surface area contributed by atoms with Crippen LogP contribution < -0.4 is 4.74 Å². The van der Waals surface area contributed by atoms with E-state index in [4.69, 9.17) is 16.3 Å². The van der Waals surface area contributed by atoms with E-state index in [1.165, 1.54) is 4.90 Å². The van der Waals surface area contributed by atoms with Crippen molar-refractivity contribution in [2.24, 2.45) is 0 Å². The predicted molar refractivity (Wildman–Crippen MR) is 122 cm³/mol. The minimum Gasteiger partial charge on any atom is -0.507 e. The Morgan fingerprint density at radius 3 is 2.39 bits per heavy atom. The molecular weight excluding hydrogens is 414 g/mol. The number of aliphatic hydroxyl groups excluding tert-OH is 1. The summed E-state index contributed by atoms with van der Waals surface area (Å²) in [7, 11) is 0. The SMILES string of the molecule is CCCN1C(=O)C(=O)/C(=C(\O)c2ccc(OCC)c(C(C)C)c2)C1c1ccc(Cl)cc1. The standard InChI is InChI=1S/C25H28ClNO4/c1-5-13-27-22(16-7-10-18(26)11-8-16)21(24(29)25(27)30)23(28)17-9-12-20(31-6-2)19(14-17)15(3)4/h7-12,14-15,22,28H,5-6,13H2,1-4H3/b23-21-. The van der Waals surface area contributed by atoms with Gasteiger partial charge < -0.3 is 14.7 Å². The molecule has 1 N–H and O–H groups in total. The third kappa shape index (κ3) is 4.47. The second-order valence-corrected chi connectivity index (χ2v) is 8.32. The van der Waals surface area contributed by atoms with E-state index >= 15 is 0 Å². The van der Waals surface area contributed by atoms with Crippen LogP contribution in [0.2, 0.25) is 5.02 Å². The number of benzene rings is 2. The molecule has 164 valence electrons. The third-order valence-corrected chi connectivity index (χ3v) is 5.65. The molecule has 3 rings (SSSR count). The highest BCUT2D eigenvalue weighted by atomic mass is 35.5. The molecule has 1 aliphatic rings. The smallest absolute Gasteiger partial charge is 0.295 e. The van der Waals surface area contributed by atoms with Gasteiger partial charge in [0.25, 0.3) is 11.7 Å². The lowest BCUT2D eigenvalue weighted by atomic mass is 9.93. The van der Waals surface area contributed by atoms with Gasteiger partial charge in [-0.3, -0.25) is 9.59 Å². The molecule has 1 saturated heterocycles. The number of carbonyl (C=O) groups is 2. The van der Waals surface area contributed by atoms with Crippen molar-refractivity contribution in [3.05, 3.63) is 69.8 Å². The van der Waals surface area contributed by atoms with Crippen molar-refractivity contribution in [3.63, 3.8) is 0 Å². The first-order chi connectivity index (χ1) is 14.8. The highest BCUT2D eigenvalue weighted by Crippen LogP contribution is 2.40. The first-order valence-corrected chi connectivity index (χ1v) is 11.0. The van der Waals surface area contributed by atoms with Crippen molar-refractivity contribution in [2.75, 3.05) is 13.2 Å². The van der Waals surface area contributed by atoms with Crippen molar-refractivity contribution >= 4 is 29.1 Å². The number of Topliss-reactive ketones (excluding diaryl/α,β-unsaturated/α-hetero) is 1. The van der Waals surface area contributed by atoms with Gasteiger partial charge >= 0.3 is 0 Å². The highest BCUT2D eigenvalue weighted by molar-refractivity contribution is 6.46. The van der Waals surface area contributed by atoms with Gasteiger partial charge in [-0.25, -0.2) is 0 Å². The molecule has 2 aromatic rings. The number of halogens is 1. The Bertz CT molecular complexity index is 1010. The zero-order valence-corrected chi connectivity index (χ0v) is 19.1. The minimum atomic E-state index is -0.675. The first-order valence-electron chi connectivity index (χ1n) is 10.6. The van der Waals surface area contributed by atoms with Gasteiger partial charge in [-0.15, -0.1) is 0 Å². The van der Waals surface area contributed by atoms with Crippen LogP contribution >= 0.6 is 11.6 Å². The molecule has 0 radical (unpaired) electrons. The molecule has 0 spiro atoms. The maximum atomic E-state index is 13.0. The molecule has 31 heavy (non-hydrogen) atoms. The summed E-state index contributed by atoms with van der Waals surface area (Å²) in [5.41, 5.74) is 2.24. The van der Waals surface area contributed by atoms with E-state index in [9.17, 15) is 14.7 Å². The quantitative estimate of drug-likeness (QED) is 0.340. The molecular formula is C25H28ClNO4. The Balaban J connectivity index is 2.18. The Kier molecular flexibility index (Phi) is 7.06. The van der Waals surface area contributed by atoms with E-state index in [0.717, 1.165) is 16.9 Å². The second kappa shape index (κ2) is 9.56. The van der Waals surface area contributed by atoms with Gasteiger partial charge in [0.1, 0.15) is 11.5 Å². The van der Waals surface area contributed by atoms with Crippen LogP contribution in [0.1, 0.15) is 62.8 Å². The van der Waals surface area contributed by atoms with Gasteiger partial charge in [-0.2, -0.15) is 0 Å². The van der Waals surface area contributed by atoms with E-state index in [2.05, 4.69) is 0 Å². The largest absolute Gasteiger partial charge is 0.507 e. The fourth-order valence-corrected chi connectivity index (χ4v) is 4.06. The summed E-state index contributed by atoms with van der Waals surface area (Å²) in [6.45, 7) is 8.88. The van der Waals surface area contributed by atoms with Crippen LogP contribution in [0.4, 0.5) is 0 Å². The summed E-state index contributed by atoms with van der Waals surface area (Å²) in [5.74, 6) is -0.551. The predicted octanol–water partition coefficient (Wildman–Crippen LogP) is 5.69. The molecule has 2 aromatic carbocycles. The number of hydrogen-bond donors (Lipinski definition) is 1. The number of rotatable bonds is 7. The third-order valence-electron chi connectivity index (χ3n) is 5.40. The van der Waals surface area contributed by atoms with Gasteiger partial charge in [0.15, 0.2) is 0 Å². The number of carbonyl (C=O) groups excluding carboxylic acids is 2. The lowest BCUT2D eigenvalue weighted by Gasteiger charge is -2.25. The van der Waals surface area contributed by atoms with Gasteiger partial charge in [-0.1, -0.05) is 44.5 Å². The second-order valence-electron chi connectivity index (χ2n) is 7.88. The van der Waals surface area contributed by atoms with Gasteiger partial charge in [0.2, 0.25) is 0 Å². The summed E-state index contributed by atoms with van der Waals surface area (Å²) < 4.78 is 5.71. The summed E-state index contributed by atoms with van der Waals surface area (Å²) in [4.78, 5) is 27.3. The number of ketones is 1. The van der Waals surface area contributed by atoms with Crippen LogP contribution in [0, 0.1) is 0 Å². The van der Waals surface area contributed by atoms with Crippen LogP contribution in [-0.2, 0) is 9.59 Å². The van der Waals surface area contributed by atoms with Crippen molar-refractivity contribution < 1.29 is 19.4 Å². The molecule has 0 aromatic heterocycles.